The molecule has 16 heavy (non-hydrogen) atoms. The Morgan fingerprint density at radius 1 is 1.25 bits per heavy atom. The van der Waals surface area contributed by atoms with Crippen LogP contribution in [0.3, 0.4) is 0 Å². The van der Waals surface area contributed by atoms with Crippen LogP contribution in [0.25, 0.3) is 5.65 Å². The van der Waals surface area contributed by atoms with Crippen molar-refractivity contribution in [3.63, 3.8) is 0 Å². The van der Waals surface area contributed by atoms with Crippen LogP contribution in [0.1, 0.15) is 12.8 Å². The second-order valence-electron chi connectivity index (χ2n) is 4.04. The molecule has 2 aromatic rings. The summed E-state index contributed by atoms with van der Waals surface area (Å²) in [4.78, 5) is 6.36. The summed E-state index contributed by atoms with van der Waals surface area (Å²) >= 11 is 0. The zero-order valence-electron chi connectivity index (χ0n) is 8.82. The molecule has 1 saturated heterocycles. The van der Waals surface area contributed by atoms with E-state index in [4.69, 9.17) is 5.73 Å². The third kappa shape index (κ3) is 1.49. The minimum absolute atomic E-state index is 0.317. The van der Waals surface area contributed by atoms with Gasteiger partial charge in [-0.2, -0.15) is 4.52 Å². The summed E-state index contributed by atoms with van der Waals surface area (Å²) in [5.74, 6) is 0.939. The van der Waals surface area contributed by atoms with E-state index >= 15 is 0 Å². The van der Waals surface area contributed by atoms with E-state index in [-0.39, 0.29) is 0 Å². The van der Waals surface area contributed by atoms with Gasteiger partial charge in [-0.1, -0.05) is 0 Å². The highest BCUT2D eigenvalue weighted by Gasteiger charge is 2.19. The van der Waals surface area contributed by atoms with Crippen molar-refractivity contribution in [3.8, 4) is 0 Å². The molecular formula is C9H13N7. The Bertz CT molecular complexity index is 485. The number of piperidine rings is 1. The molecule has 0 aliphatic carbocycles. The SMILES string of the molecule is NC1CCN(c2cncc3nnnn23)CC1. The second kappa shape index (κ2) is 3.67. The van der Waals surface area contributed by atoms with E-state index in [1.54, 1.807) is 16.9 Å². The van der Waals surface area contributed by atoms with Crippen LogP contribution in [0, 0.1) is 0 Å². The van der Waals surface area contributed by atoms with E-state index in [1.807, 2.05) is 0 Å². The molecule has 7 heteroatoms. The minimum atomic E-state index is 0.317. The first-order valence-electron chi connectivity index (χ1n) is 5.37. The summed E-state index contributed by atoms with van der Waals surface area (Å²) in [5, 5.41) is 11.5. The Hall–Kier alpha value is -1.76. The summed E-state index contributed by atoms with van der Waals surface area (Å²) in [6.45, 7) is 1.86. The zero-order chi connectivity index (χ0) is 11.0. The predicted molar refractivity (Wildman–Crippen MR) is 58.0 cm³/mol. The third-order valence-electron chi connectivity index (χ3n) is 2.95. The van der Waals surface area contributed by atoms with Crippen molar-refractivity contribution in [2.45, 2.75) is 18.9 Å². The summed E-state index contributed by atoms with van der Waals surface area (Å²) in [6.07, 6.45) is 5.44. The lowest BCUT2D eigenvalue weighted by Crippen LogP contribution is -2.40. The monoisotopic (exact) mass is 219 g/mol. The Kier molecular flexibility index (Phi) is 2.17. The van der Waals surface area contributed by atoms with Gasteiger partial charge in [0.25, 0.3) is 0 Å². The quantitative estimate of drug-likeness (QED) is 0.692. The van der Waals surface area contributed by atoms with Crippen LogP contribution in [0.5, 0.6) is 0 Å². The summed E-state index contributed by atoms with van der Waals surface area (Å²) in [5.41, 5.74) is 6.55. The molecule has 0 saturated carbocycles. The Morgan fingerprint density at radius 3 is 2.88 bits per heavy atom. The normalized spacial score (nSPS) is 18.2. The highest BCUT2D eigenvalue weighted by Crippen LogP contribution is 2.17. The second-order valence-corrected chi connectivity index (χ2v) is 4.04. The van der Waals surface area contributed by atoms with Crippen LogP contribution in [0.4, 0.5) is 5.82 Å². The molecule has 7 nitrogen and oxygen atoms in total. The standard InChI is InChI=1S/C9H13N7/c10-7-1-3-15(4-2-7)9-6-11-5-8-12-13-14-16(8)9/h5-7H,1-4,10H2. The maximum absolute atomic E-state index is 5.88. The number of rotatable bonds is 1. The fraction of sp³-hybridized carbons (Fsp3) is 0.556. The highest BCUT2D eigenvalue weighted by molar-refractivity contribution is 5.46. The van der Waals surface area contributed by atoms with Gasteiger partial charge in [-0.05, 0) is 23.3 Å². The van der Waals surface area contributed by atoms with Crippen LogP contribution >= 0.6 is 0 Å². The van der Waals surface area contributed by atoms with Gasteiger partial charge in [-0.25, -0.2) is 0 Å². The molecule has 0 atom stereocenters. The van der Waals surface area contributed by atoms with Gasteiger partial charge in [0.05, 0.1) is 12.4 Å². The van der Waals surface area contributed by atoms with Gasteiger partial charge in [0.1, 0.15) is 0 Å². The fourth-order valence-corrected chi connectivity index (χ4v) is 2.01. The molecule has 2 N–H and O–H groups in total. The molecule has 3 rings (SSSR count). The van der Waals surface area contributed by atoms with E-state index in [9.17, 15) is 0 Å². The molecule has 0 spiro atoms. The molecule has 2 aromatic heterocycles. The van der Waals surface area contributed by atoms with Crippen LogP contribution in [-0.2, 0) is 0 Å². The van der Waals surface area contributed by atoms with Crippen LogP contribution in [-0.4, -0.2) is 44.2 Å². The fourth-order valence-electron chi connectivity index (χ4n) is 2.01. The lowest BCUT2D eigenvalue weighted by atomic mass is 10.1. The molecule has 1 aliphatic rings. The topological polar surface area (TPSA) is 85.2 Å². The molecule has 0 radical (unpaired) electrons. The molecule has 84 valence electrons. The van der Waals surface area contributed by atoms with E-state index in [1.165, 1.54) is 0 Å². The molecule has 1 aliphatic heterocycles. The van der Waals surface area contributed by atoms with Crippen molar-refractivity contribution in [3.05, 3.63) is 12.4 Å². The Morgan fingerprint density at radius 2 is 2.06 bits per heavy atom. The van der Waals surface area contributed by atoms with Gasteiger partial charge in [0, 0.05) is 19.1 Å². The van der Waals surface area contributed by atoms with Crippen LogP contribution in [0.2, 0.25) is 0 Å². The van der Waals surface area contributed by atoms with E-state index in [0.717, 1.165) is 31.7 Å². The highest BCUT2D eigenvalue weighted by atomic mass is 15.5. The molecule has 1 fully saturated rings. The first-order valence-corrected chi connectivity index (χ1v) is 5.37. The maximum atomic E-state index is 5.88. The first kappa shape index (κ1) is 9.46. The molecule has 0 amide bonds. The van der Waals surface area contributed by atoms with Crippen LogP contribution in [0.15, 0.2) is 12.4 Å². The molecule has 0 aromatic carbocycles. The smallest absolute Gasteiger partial charge is 0.199 e. The van der Waals surface area contributed by atoms with Gasteiger partial charge in [-0.15, -0.1) is 5.10 Å². The number of tetrazole rings is 1. The average molecular weight is 219 g/mol. The van der Waals surface area contributed by atoms with E-state index < -0.39 is 0 Å². The lowest BCUT2D eigenvalue weighted by Gasteiger charge is -2.31. The number of aromatic nitrogens is 5. The summed E-state index contributed by atoms with van der Waals surface area (Å²) < 4.78 is 1.71. The van der Waals surface area contributed by atoms with Crippen molar-refractivity contribution in [2.24, 2.45) is 5.73 Å². The Labute approximate surface area is 92.3 Å². The van der Waals surface area contributed by atoms with Gasteiger partial charge in [0.2, 0.25) is 0 Å². The van der Waals surface area contributed by atoms with Crippen molar-refractivity contribution in [1.29, 1.82) is 0 Å². The largest absolute Gasteiger partial charge is 0.355 e. The molecular weight excluding hydrogens is 206 g/mol. The predicted octanol–water partition coefficient (Wildman–Crippen LogP) is -0.553. The zero-order valence-corrected chi connectivity index (χ0v) is 8.82. The van der Waals surface area contributed by atoms with Crippen molar-refractivity contribution in [1.82, 2.24) is 25.0 Å². The van der Waals surface area contributed by atoms with Gasteiger partial charge < -0.3 is 10.6 Å². The third-order valence-corrected chi connectivity index (χ3v) is 2.95. The van der Waals surface area contributed by atoms with Crippen molar-refractivity contribution < 1.29 is 0 Å². The van der Waals surface area contributed by atoms with Crippen molar-refractivity contribution in [2.75, 3.05) is 18.0 Å². The summed E-state index contributed by atoms with van der Waals surface area (Å²) in [7, 11) is 0. The first-order chi connectivity index (χ1) is 7.84. The maximum Gasteiger partial charge on any atom is 0.199 e. The number of nitrogens with two attached hydrogens (primary N) is 1. The van der Waals surface area contributed by atoms with Crippen LogP contribution < -0.4 is 10.6 Å². The molecule has 3 heterocycles. The molecule has 0 bridgehead atoms. The number of anilines is 1. The number of nitrogens with zero attached hydrogens (tertiary/aromatic N) is 6. The van der Waals surface area contributed by atoms with E-state index in [2.05, 4.69) is 25.4 Å². The number of fused-ring (bicyclic) bond motifs is 1. The molecule has 0 unspecified atom stereocenters. The average Bonchev–Trinajstić information content (AvgIpc) is 2.78. The lowest BCUT2D eigenvalue weighted by molar-refractivity contribution is 0.495. The minimum Gasteiger partial charge on any atom is -0.355 e. The number of hydrogen-bond acceptors (Lipinski definition) is 6. The summed E-state index contributed by atoms with van der Waals surface area (Å²) in [6, 6.07) is 0.317. The van der Waals surface area contributed by atoms with Gasteiger partial charge in [-0.3, -0.25) is 4.98 Å². The number of hydrogen-bond donors (Lipinski definition) is 1. The van der Waals surface area contributed by atoms with Gasteiger partial charge in [0.15, 0.2) is 11.5 Å². The Balaban J connectivity index is 1.96. The van der Waals surface area contributed by atoms with E-state index in [0.29, 0.717) is 11.7 Å². The van der Waals surface area contributed by atoms with Crippen molar-refractivity contribution >= 4 is 11.5 Å². The van der Waals surface area contributed by atoms with Gasteiger partial charge >= 0.3 is 0 Å².